The van der Waals surface area contributed by atoms with E-state index in [1.165, 1.54) is 0 Å². The van der Waals surface area contributed by atoms with Gasteiger partial charge in [0.1, 0.15) is 17.5 Å². The zero-order valence-electron chi connectivity index (χ0n) is 8.79. The molecule has 0 saturated heterocycles. The minimum Gasteiger partial charge on any atom is -0.480 e. The van der Waals surface area contributed by atoms with Crippen LogP contribution in [-0.4, -0.2) is 31.5 Å². The molecule has 1 unspecified atom stereocenters. The lowest BCUT2D eigenvalue weighted by Crippen LogP contribution is -2.32. The lowest BCUT2D eigenvalue weighted by molar-refractivity contribution is -0.138. The molecule has 0 aromatic carbocycles. The molecule has 0 aliphatic rings. The number of rotatable bonds is 3. The summed E-state index contributed by atoms with van der Waals surface area (Å²) in [6.45, 7) is 1.86. The number of hydrogen-bond acceptors (Lipinski definition) is 4. The third-order valence-electron chi connectivity index (χ3n) is 2.36. The molecule has 6 nitrogen and oxygen atoms in total. The van der Waals surface area contributed by atoms with Crippen molar-refractivity contribution >= 4 is 11.6 Å². The normalized spacial score (nSPS) is 12.9. The average molecular weight is 220 g/mol. The van der Waals surface area contributed by atoms with Gasteiger partial charge in [-0.3, -0.25) is 9.20 Å². The second-order valence-electron chi connectivity index (χ2n) is 3.60. The summed E-state index contributed by atoms with van der Waals surface area (Å²) < 4.78 is 1.81. The summed E-state index contributed by atoms with van der Waals surface area (Å²) in [5, 5.41) is 8.70. The van der Waals surface area contributed by atoms with Gasteiger partial charge in [0, 0.05) is 18.8 Å². The molecule has 0 bridgehead atoms. The third kappa shape index (κ3) is 1.87. The first-order valence-electron chi connectivity index (χ1n) is 4.86. The molecule has 0 spiro atoms. The van der Waals surface area contributed by atoms with E-state index in [0.717, 1.165) is 11.5 Å². The maximum absolute atomic E-state index is 10.6. The Labute approximate surface area is 91.7 Å². The molecular weight excluding hydrogens is 208 g/mol. The Morgan fingerprint density at radius 1 is 1.69 bits per heavy atom. The fourth-order valence-electron chi connectivity index (χ4n) is 1.51. The van der Waals surface area contributed by atoms with Crippen molar-refractivity contribution in [2.75, 3.05) is 0 Å². The molecule has 2 aromatic rings. The number of carboxylic acids is 1. The van der Waals surface area contributed by atoms with Crippen molar-refractivity contribution in [2.45, 2.75) is 19.4 Å². The summed E-state index contributed by atoms with van der Waals surface area (Å²) in [6, 6.07) is 0.848. The van der Waals surface area contributed by atoms with E-state index >= 15 is 0 Å². The summed E-state index contributed by atoms with van der Waals surface area (Å²) in [4.78, 5) is 19.0. The summed E-state index contributed by atoms with van der Waals surface area (Å²) in [6.07, 6.45) is 3.65. The SMILES string of the molecule is Cc1nccc2nc(CC(N)C(=O)O)cn12. The van der Waals surface area contributed by atoms with Gasteiger partial charge >= 0.3 is 5.97 Å². The van der Waals surface area contributed by atoms with E-state index in [2.05, 4.69) is 9.97 Å². The Kier molecular flexibility index (Phi) is 2.57. The van der Waals surface area contributed by atoms with E-state index < -0.39 is 12.0 Å². The first-order valence-corrected chi connectivity index (χ1v) is 4.86. The first-order chi connectivity index (χ1) is 7.58. The number of imidazole rings is 1. The van der Waals surface area contributed by atoms with Gasteiger partial charge in [0.2, 0.25) is 0 Å². The Morgan fingerprint density at radius 3 is 3.06 bits per heavy atom. The van der Waals surface area contributed by atoms with Gasteiger partial charge in [-0.15, -0.1) is 0 Å². The molecule has 0 aliphatic heterocycles. The van der Waals surface area contributed by atoms with E-state index in [-0.39, 0.29) is 6.42 Å². The molecule has 16 heavy (non-hydrogen) atoms. The van der Waals surface area contributed by atoms with E-state index in [9.17, 15) is 4.79 Å². The monoisotopic (exact) mass is 220 g/mol. The average Bonchev–Trinajstić information content (AvgIpc) is 2.61. The van der Waals surface area contributed by atoms with Gasteiger partial charge in [0.25, 0.3) is 0 Å². The molecular formula is C10H12N4O2. The van der Waals surface area contributed by atoms with Crippen LogP contribution in [0.25, 0.3) is 5.65 Å². The molecule has 1 atom stereocenters. The second-order valence-corrected chi connectivity index (χ2v) is 3.60. The smallest absolute Gasteiger partial charge is 0.320 e. The molecule has 2 rings (SSSR count). The van der Waals surface area contributed by atoms with Crippen LogP contribution in [-0.2, 0) is 11.2 Å². The van der Waals surface area contributed by atoms with Gasteiger partial charge in [-0.2, -0.15) is 0 Å². The molecule has 3 N–H and O–H groups in total. The summed E-state index contributed by atoms with van der Waals surface area (Å²) in [7, 11) is 0. The minimum absolute atomic E-state index is 0.219. The van der Waals surface area contributed by atoms with Crippen molar-refractivity contribution in [1.82, 2.24) is 14.4 Å². The largest absolute Gasteiger partial charge is 0.480 e. The number of hydrogen-bond donors (Lipinski definition) is 2. The van der Waals surface area contributed by atoms with E-state index in [1.807, 2.05) is 11.3 Å². The number of nitrogens with two attached hydrogens (primary N) is 1. The molecule has 0 amide bonds. The summed E-state index contributed by atoms with van der Waals surface area (Å²) >= 11 is 0. The molecule has 84 valence electrons. The van der Waals surface area contributed by atoms with Crippen LogP contribution in [0.2, 0.25) is 0 Å². The molecule has 0 fully saturated rings. The predicted octanol–water partition coefficient (Wildman–Crippen LogP) is -0.00788. The van der Waals surface area contributed by atoms with Gasteiger partial charge in [0.15, 0.2) is 0 Å². The maximum atomic E-state index is 10.6. The number of carboxylic acid groups (broad SMARTS) is 1. The zero-order valence-corrected chi connectivity index (χ0v) is 8.79. The zero-order chi connectivity index (χ0) is 11.7. The standard InChI is InChI=1S/C10H12N4O2/c1-6-12-3-2-9-13-7(5-14(6)9)4-8(11)10(15)16/h2-3,5,8H,4,11H2,1H3,(H,15,16). The number of carbonyl (C=O) groups is 1. The summed E-state index contributed by atoms with van der Waals surface area (Å²) in [5.41, 5.74) is 6.85. The molecule has 2 aromatic heterocycles. The Hall–Kier alpha value is -1.95. The van der Waals surface area contributed by atoms with Crippen LogP contribution in [0.15, 0.2) is 18.5 Å². The van der Waals surface area contributed by atoms with Crippen LogP contribution >= 0.6 is 0 Å². The van der Waals surface area contributed by atoms with E-state index in [1.54, 1.807) is 18.5 Å². The fraction of sp³-hybridized carbons (Fsp3) is 0.300. The minimum atomic E-state index is -1.02. The highest BCUT2D eigenvalue weighted by Gasteiger charge is 2.14. The van der Waals surface area contributed by atoms with Gasteiger partial charge in [-0.1, -0.05) is 0 Å². The molecule has 0 aliphatic carbocycles. The Bertz CT molecular complexity index is 535. The second kappa shape index (κ2) is 3.90. The maximum Gasteiger partial charge on any atom is 0.320 e. The van der Waals surface area contributed by atoms with Crippen molar-refractivity contribution < 1.29 is 9.90 Å². The predicted molar refractivity (Wildman–Crippen MR) is 57.0 cm³/mol. The number of aliphatic carboxylic acids is 1. The van der Waals surface area contributed by atoms with Crippen molar-refractivity contribution in [2.24, 2.45) is 5.73 Å². The highest BCUT2D eigenvalue weighted by Crippen LogP contribution is 2.07. The topological polar surface area (TPSA) is 93.5 Å². The first kappa shape index (κ1) is 10.6. The van der Waals surface area contributed by atoms with Crippen LogP contribution in [0, 0.1) is 6.92 Å². The van der Waals surface area contributed by atoms with Crippen LogP contribution in [0.4, 0.5) is 0 Å². The molecule has 0 radical (unpaired) electrons. The van der Waals surface area contributed by atoms with Crippen molar-refractivity contribution in [3.63, 3.8) is 0 Å². The van der Waals surface area contributed by atoms with E-state index in [0.29, 0.717) is 5.69 Å². The van der Waals surface area contributed by atoms with E-state index in [4.69, 9.17) is 10.8 Å². The highest BCUT2D eigenvalue weighted by atomic mass is 16.4. The van der Waals surface area contributed by atoms with Crippen LogP contribution < -0.4 is 5.73 Å². The van der Waals surface area contributed by atoms with Gasteiger partial charge < -0.3 is 10.8 Å². The Balaban J connectivity index is 2.33. The fourth-order valence-corrected chi connectivity index (χ4v) is 1.51. The molecule has 2 heterocycles. The lowest BCUT2D eigenvalue weighted by atomic mass is 10.2. The number of aromatic nitrogens is 3. The number of fused-ring (bicyclic) bond motifs is 1. The molecule has 0 saturated carbocycles. The third-order valence-corrected chi connectivity index (χ3v) is 2.36. The number of aryl methyl sites for hydroxylation is 1. The van der Waals surface area contributed by atoms with Crippen molar-refractivity contribution in [3.8, 4) is 0 Å². The molecule has 6 heteroatoms. The van der Waals surface area contributed by atoms with Gasteiger partial charge in [-0.25, -0.2) is 9.97 Å². The Morgan fingerprint density at radius 2 is 2.44 bits per heavy atom. The van der Waals surface area contributed by atoms with Crippen molar-refractivity contribution in [1.29, 1.82) is 0 Å². The van der Waals surface area contributed by atoms with Gasteiger partial charge in [-0.05, 0) is 13.0 Å². The van der Waals surface area contributed by atoms with Crippen molar-refractivity contribution in [3.05, 3.63) is 30.0 Å². The van der Waals surface area contributed by atoms with Crippen LogP contribution in [0.1, 0.15) is 11.5 Å². The quantitative estimate of drug-likeness (QED) is 0.758. The highest BCUT2D eigenvalue weighted by molar-refractivity contribution is 5.73. The van der Waals surface area contributed by atoms with Gasteiger partial charge in [0.05, 0.1) is 5.69 Å². The van der Waals surface area contributed by atoms with Crippen LogP contribution in [0.3, 0.4) is 0 Å². The van der Waals surface area contributed by atoms with Crippen LogP contribution in [0.5, 0.6) is 0 Å². The summed E-state index contributed by atoms with van der Waals surface area (Å²) in [5.74, 6) is -0.216. The number of nitrogens with zero attached hydrogens (tertiary/aromatic N) is 3. The lowest BCUT2D eigenvalue weighted by Gasteiger charge is -2.01.